The lowest BCUT2D eigenvalue weighted by molar-refractivity contribution is -0.137. The van der Waals surface area contributed by atoms with Crippen LogP contribution in [-0.2, 0) is 12.8 Å². The first kappa shape index (κ1) is 21.5. The summed E-state index contributed by atoms with van der Waals surface area (Å²) in [6.45, 7) is 2.51. The molecule has 1 aliphatic rings. The van der Waals surface area contributed by atoms with Gasteiger partial charge in [0.05, 0.1) is 17.7 Å². The number of carbonyl (C=O) groups excluding carboxylic acids is 1. The molecule has 0 amide bonds. The van der Waals surface area contributed by atoms with Crippen molar-refractivity contribution in [1.82, 2.24) is 0 Å². The third kappa shape index (κ3) is 4.77. The summed E-state index contributed by atoms with van der Waals surface area (Å²) < 4.78 is 54.9. The molecule has 0 bridgehead atoms. The molecule has 0 aromatic heterocycles. The Morgan fingerprint density at radius 3 is 2.41 bits per heavy atom. The molecule has 32 heavy (non-hydrogen) atoms. The van der Waals surface area contributed by atoms with E-state index in [1.807, 2.05) is 31.2 Å². The van der Waals surface area contributed by atoms with E-state index in [2.05, 4.69) is 0 Å². The Kier molecular flexibility index (Phi) is 5.90. The predicted molar refractivity (Wildman–Crippen MR) is 113 cm³/mol. The average molecular weight is 440 g/mol. The zero-order valence-corrected chi connectivity index (χ0v) is 17.1. The van der Waals surface area contributed by atoms with Crippen molar-refractivity contribution in [3.8, 4) is 17.2 Å². The van der Waals surface area contributed by atoms with E-state index in [9.17, 15) is 18.0 Å². The van der Waals surface area contributed by atoms with Crippen LogP contribution in [0.3, 0.4) is 0 Å². The van der Waals surface area contributed by atoms with Crippen LogP contribution >= 0.6 is 0 Å². The van der Waals surface area contributed by atoms with Crippen LogP contribution in [0.1, 0.15) is 34.0 Å². The minimum atomic E-state index is -4.38. The zero-order chi connectivity index (χ0) is 22.7. The van der Waals surface area contributed by atoms with Gasteiger partial charge in [0.25, 0.3) is 0 Å². The molecule has 4 nitrogen and oxygen atoms in total. The van der Waals surface area contributed by atoms with Crippen molar-refractivity contribution in [3.63, 3.8) is 0 Å². The number of fused-ring (bicyclic) bond motifs is 1. The molecule has 0 unspecified atom stereocenters. The van der Waals surface area contributed by atoms with Gasteiger partial charge in [-0.05, 0) is 60.5 Å². The van der Waals surface area contributed by atoms with E-state index >= 15 is 0 Å². The Labute approximate surface area is 182 Å². The maximum absolute atomic E-state index is 12.7. The van der Waals surface area contributed by atoms with Crippen LogP contribution < -0.4 is 14.2 Å². The monoisotopic (exact) mass is 440 g/mol. The third-order valence-corrected chi connectivity index (χ3v) is 4.80. The van der Waals surface area contributed by atoms with Crippen LogP contribution in [0.2, 0.25) is 0 Å². The molecule has 3 aromatic rings. The number of halogens is 3. The Balaban J connectivity index is 1.45. The number of ether oxygens (including phenoxy) is 3. The number of alkyl halides is 3. The summed E-state index contributed by atoms with van der Waals surface area (Å²) in [5.41, 5.74) is 1.06. The molecule has 1 heterocycles. The molecule has 164 valence electrons. The van der Waals surface area contributed by atoms with Crippen LogP contribution in [0.4, 0.5) is 13.2 Å². The number of ketones is 1. The molecule has 0 atom stereocenters. The van der Waals surface area contributed by atoms with Gasteiger partial charge in [-0.2, -0.15) is 13.2 Å². The number of carbonyl (C=O) groups is 1. The van der Waals surface area contributed by atoms with Crippen LogP contribution in [-0.4, -0.2) is 12.4 Å². The Hall–Kier alpha value is -3.74. The Morgan fingerprint density at radius 1 is 0.938 bits per heavy atom. The van der Waals surface area contributed by atoms with Gasteiger partial charge in [-0.1, -0.05) is 24.3 Å². The number of benzene rings is 3. The molecule has 0 aliphatic carbocycles. The van der Waals surface area contributed by atoms with Crippen LogP contribution in [0.25, 0.3) is 6.08 Å². The molecule has 0 saturated heterocycles. The van der Waals surface area contributed by atoms with Crippen molar-refractivity contribution < 1.29 is 32.2 Å². The molecule has 0 spiro atoms. The van der Waals surface area contributed by atoms with Gasteiger partial charge in [0, 0.05) is 6.07 Å². The number of hydrogen-bond acceptors (Lipinski definition) is 4. The number of hydrogen-bond donors (Lipinski definition) is 0. The minimum absolute atomic E-state index is 0.0811. The maximum atomic E-state index is 12.7. The van der Waals surface area contributed by atoms with Crippen LogP contribution in [0, 0.1) is 0 Å². The molecule has 4 rings (SSSR count). The fourth-order valence-electron chi connectivity index (χ4n) is 3.23. The molecule has 0 fully saturated rings. The molecule has 0 saturated carbocycles. The standard InChI is InChI=1S/C25H19F3O4/c1-2-30-19-5-3-4-17(12-19)13-23-24(29)21-11-10-20(14-22(21)32-23)31-15-16-6-8-18(9-7-16)25(26,27)28/h3-14H,2,15H2,1H3/b23-13+. The van der Waals surface area contributed by atoms with E-state index in [4.69, 9.17) is 14.2 Å². The summed E-state index contributed by atoms with van der Waals surface area (Å²) >= 11 is 0. The van der Waals surface area contributed by atoms with Gasteiger partial charge in [0.1, 0.15) is 23.9 Å². The number of Topliss-reactive ketones (excluding diaryl/α,β-unsaturated/α-hetero) is 1. The predicted octanol–water partition coefficient (Wildman–Crippen LogP) is 6.30. The molecule has 3 aromatic carbocycles. The number of rotatable bonds is 6. The van der Waals surface area contributed by atoms with E-state index in [0.29, 0.717) is 35.0 Å². The first-order valence-corrected chi connectivity index (χ1v) is 9.93. The molecule has 1 aliphatic heterocycles. The highest BCUT2D eigenvalue weighted by molar-refractivity contribution is 6.14. The first-order valence-electron chi connectivity index (χ1n) is 9.93. The lowest BCUT2D eigenvalue weighted by atomic mass is 10.1. The SMILES string of the molecule is CCOc1cccc(/C=C2/Oc3cc(OCc4ccc(C(F)(F)F)cc4)ccc3C2=O)c1. The topological polar surface area (TPSA) is 44.8 Å². The second-order valence-corrected chi connectivity index (χ2v) is 7.09. The maximum Gasteiger partial charge on any atom is 0.416 e. The van der Waals surface area contributed by atoms with Crippen molar-refractivity contribution in [2.75, 3.05) is 6.61 Å². The summed E-state index contributed by atoms with van der Waals surface area (Å²) in [6.07, 6.45) is -2.73. The van der Waals surface area contributed by atoms with Crippen LogP contribution in [0.15, 0.2) is 72.5 Å². The van der Waals surface area contributed by atoms with Gasteiger partial charge in [0.15, 0.2) is 5.76 Å². The lowest BCUT2D eigenvalue weighted by Gasteiger charge is -2.09. The summed E-state index contributed by atoms with van der Waals surface area (Å²) in [5, 5.41) is 0. The molecular weight excluding hydrogens is 421 g/mol. The second-order valence-electron chi connectivity index (χ2n) is 7.09. The van der Waals surface area contributed by atoms with E-state index < -0.39 is 11.7 Å². The minimum Gasteiger partial charge on any atom is -0.494 e. The van der Waals surface area contributed by atoms with Crippen molar-refractivity contribution in [2.45, 2.75) is 19.7 Å². The molecule has 0 radical (unpaired) electrons. The Bertz CT molecular complexity index is 1160. The first-order chi connectivity index (χ1) is 15.3. The highest BCUT2D eigenvalue weighted by atomic mass is 19.4. The van der Waals surface area contributed by atoms with E-state index in [1.54, 1.807) is 24.3 Å². The van der Waals surface area contributed by atoms with Gasteiger partial charge < -0.3 is 14.2 Å². The number of allylic oxidation sites excluding steroid dienone is 1. The third-order valence-electron chi connectivity index (χ3n) is 4.80. The summed E-state index contributed by atoms with van der Waals surface area (Å²) in [6, 6.07) is 16.9. The summed E-state index contributed by atoms with van der Waals surface area (Å²) in [4.78, 5) is 12.7. The molecule has 0 N–H and O–H groups in total. The average Bonchev–Trinajstić information content (AvgIpc) is 3.07. The van der Waals surface area contributed by atoms with E-state index in [0.717, 1.165) is 17.7 Å². The zero-order valence-electron chi connectivity index (χ0n) is 17.1. The lowest BCUT2D eigenvalue weighted by Crippen LogP contribution is -2.05. The summed E-state index contributed by atoms with van der Waals surface area (Å²) in [7, 11) is 0. The quantitative estimate of drug-likeness (QED) is 0.422. The molecular formula is C25H19F3O4. The Morgan fingerprint density at radius 2 is 1.69 bits per heavy atom. The van der Waals surface area contributed by atoms with Crippen LogP contribution in [0.5, 0.6) is 17.2 Å². The van der Waals surface area contributed by atoms with Crippen molar-refractivity contribution in [2.24, 2.45) is 0 Å². The van der Waals surface area contributed by atoms with Crippen molar-refractivity contribution in [3.05, 3.63) is 94.7 Å². The summed E-state index contributed by atoms with van der Waals surface area (Å²) in [5.74, 6) is 1.46. The highest BCUT2D eigenvalue weighted by Gasteiger charge is 2.30. The van der Waals surface area contributed by atoms with Gasteiger partial charge >= 0.3 is 6.18 Å². The smallest absolute Gasteiger partial charge is 0.416 e. The van der Waals surface area contributed by atoms with Gasteiger partial charge in [-0.25, -0.2) is 0 Å². The highest BCUT2D eigenvalue weighted by Crippen LogP contribution is 2.35. The molecule has 7 heteroatoms. The fraction of sp³-hybridized carbons (Fsp3) is 0.160. The van der Waals surface area contributed by atoms with Crippen molar-refractivity contribution >= 4 is 11.9 Å². The van der Waals surface area contributed by atoms with Crippen molar-refractivity contribution in [1.29, 1.82) is 0 Å². The largest absolute Gasteiger partial charge is 0.494 e. The fourth-order valence-corrected chi connectivity index (χ4v) is 3.23. The normalized spacial score (nSPS) is 14.2. The second kappa shape index (κ2) is 8.78. The van der Waals surface area contributed by atoms with E-state index in [1.165, 1.54) is 12.1 Å². The van der Waals surface area contributed by atoms with E-state index in [-0.39, 0.29) is 18.1 Å². The van der Waals surface area contributed by atoms with Gasteiger partial charge in [-0.15, -0.1) is 0 Å². The van der Waals surface area contributed by atoms with Gasteiger partial charge in [-0.3, -0.25) is 4.79 Å². The van der Waals surface area contributed by atoms with Gasteiger partial charge in [0.2, 0.25) is 5.78 Å².